The number of amides is 1. The summed E-state index contributed by atoms with van der Waals surface area (Å²) < 4.78 is 11.5. The smallest absolute Gasteiger partial charge is 0.442 e. The molecule has 0 aliphatic heterocycles. The Morgan fingerprint density at radius 2 is 1.85 bits per heavy atom. The van der Waals surface area contributed by atoms with Crippen molar-refractivity contribution in [2.75, 3.05) is 18.2 Å². The minimum absolute atomic E-state index is 0.0759. The number of thioether (sulfide) groups is 1. The van der Waals surface area contributed by atoms with E-state index in [-0.39, 0.29) is 16.7 Å². The number of hydrogen-bond donors (Lipinski definition) is 2. The van der Waals surface area contributed by atoms with Crippen LogP contribution in [0.2, 0.25) is 0 Å². The number of carbonyl (C=O) groups excluding carboxylic acids is 1. The molecule has 1 amide bonds. The van der Waals surface area contributed by atoms with Crippen LogP contribution in [0.1, 0.15) is 11.1 Å². The number of carbonyl (C=O) groups is 1. The van der Waals surface area contributed by atoms with E-state index in [0.29, 0.717) is 11.4 Å². The molecule has 2 N–H and O–H groups in total. The summed E-state index contributed by atoms with van der Waals surface area (Å²) in [4.78, 5) is 24.4. The quantitative estimate of drug-likeness (QED) is 0.502. The number of methoxy groups -OCH3 is 1. The lowest BCUT2D eigenvalue weighted by atomic mass is 10.1. The molecule has 3 aromatic rings. The first-order valence-corrected chi connectivity index (χ1v) is 9.25. The van der Waals surface area contributed by atoms with Crippen LogP contribution in [0.5, 0.6) is 5.75 Å². The zero-order valence-corrected chi connectivity index (χ0v) is 16.1. The number of nitrogens with one attached hydrogen (secondary N) is 2. The van der Waals surface area contributed by atoms with E-state index in [1.807, 2.05) is 32.0 Å². The number of rotatable bonds is 6. The first kappa shape index (κ1) is 18.8. The Morgan fingerprint density at radius 1 is 1.19 bits per heavy atom. The van der Waals surface area contributed by atoms with Crippen LogP contribution in [0.15, 0.2) is 56.8 Å². The van der Waals surface area contributed by atoms with E-state index < -0.39 is 5.63 Å². The van der Waals surface area contributed by atoms with Gasteiger partial charge < -0.3 is 10.1 Å². The van der Waals surface area contributed by atoms with Gasteiger partial charge >= 0.3 is 10.7 Å². The number of nitrogens with zero attached hydrogens (tertiary/aromatic N) is 1. The van der Waals surface area contributed by atoms with Gasteiger partial charge in [-0.05, 0) is 58.8 Å². The molecule has 1 aromatic heterocycles. The molecule has 0 saturated carbocycles. The van der Waals surface area contributed by atoms with Crippen LogP contribution in [-0.2, 0) is 4.79 Å². The molecular formula is C19H20N3O4S+. The summed E-state index contributed by atoms with van der Waals surface area (Å²) in [5, 5.41) is 5.75. The van der Waals surface area contributed by atoms with Crippen LogP contribution in [-0.4, -0.2) is 24.0 Å². The van der Waals surface area contributed by atoms with E-state index in [9.17, 15) is 9.59 Å². The lowest BCUT2D eigenvalue weighted by Gasteiger charge is -2.10. The van der Waals surface area contributed by atoms with Crippen molar-refractivity contribution < 1.29 is 18.7 Å². The fourth-order valence-corrected chi connectivity index (χ4v) is 3.38. The third-order valence-corrected chi connectivity index (χ3v) is 5.05. The fourth-order valence-electron chi connectivity index (χ4n) is 2.61. The highest BCUT2D eigenvalue weighted by Crippen LogP contribution is 2.20. The summed E-state index contributed by atoms with van der Waals surface area (Å²) in [5.74, 6) is 0.582. The molecule has 8 heteroatoms. The predicted octanol–water partition coefficient (Wildman–Crippen LogP) is 2.60. The molecule has 2 aromatic carbocycles. The largest absolute Gasteiger partial charge is 0.497 e. The van der Waals surface area contributed by atoms with Gasteiger partial charge in [0.25, 0.3) is 0 Å². The molecule has 0 radical (unpaired) electrons. The van der Waals surface area contributed by atoms with Crippen LogP contribution in [0.3, 0.4) is 0 Å². The van der Waals surface area contributed by atoms with Crippen LogP contribution in [0.4, 0.5) is 5.69 Å². The number of H-pyrrole nitrogens is 1. The lowest BCUT2D eigenvalue weighted by Crippen LogP contribution is -2.36. The second-order valence-corrected chi connectivity index (χ2v) is 6.89. The third-order valence-electron chi connectivity index (χ3n) is 4.02. The number of aromatic amines is 1. The van der Waals surface area contributed by atoms with Crippen molar-refractivity contribution in [3.63, 3.8) is 0 Å². The number of aromatic nitrogens is 2. The third kappa shape index (κ3) is 4.22. The molecule has 0 aliphatic carbocycles. The molecule has 0 unspecified atom stereocenters. The van der Waals surface area contributed by atoms with Gasteiger partial charge in [0.05, 0.1) is 12.9 Å². The fraction of sp³-hybridized carbons (Fsp3) is 0.211. The van der Waals surface area contributed by atoms with Gasteiger partial charge in [-0.25, -0.2) is 4.79 Å². The van der Waals surface area contributed by atoms with E-state index in [2.05, 4.69) is 10.6 Å². The minimum Gasteiger partial charge on any atom is -0.497 e. The lowest BCUT2D eigenvalue weighted by molar-refractivity contribution is -0.704. The van der Waals surface area contributed by atoms with Gasteiger partial charge in [-0.3, -0.25) is 9.32 Å². The Labute approximate surface area is 160 Å². The minimum atomic E-state index is -0.532. The first-order valence-electron chi connectivity index (χ1n) is 8.26. The van der Waals surface area contributed by atoms with Gasteiger partial charge in [-0.2, -0.15) is 0 Å². The Morgan fingerprint density at radius 3 is 2.48 bits per heavy atom. The predicted molar refractivity (Wildman–Crippen MR) is 103 cm³/mol. The van der Waals surface area contributed by atoms with Crippen molar-refractivity contribution >= 4 is 23.4 Å². The Hall–Kier alpha value is -3.00. The second kappa shape index (κ2) is 8.13. The molecule has 7 nitrogen and oxygen atoms in total. The van der Waals surface area contributed by atoms with Crippen LogP contribution in [0.25, 0.3) is 5.69 Å². The molecule has 27 heavy (non-hydrogen) atoms. The molecule has 0 atom stereocenters. The second-order valence-electron chi connectivity index (χ2n) is 5.92. The Bertz CT molecular complexity index is 988. The molecule has 0 spiro atoms. The normalized spacial score (nSPS) is 10.6. The maximum absolute atomic E-state index is 12.4. The number of anilines is 1. The Kier molecular flexibility index (Phi) is 5.66. The number of benzene rings is 2. The average Bonchev–Trinajstić information content (AvgIpc) is 3.04. The highest BCUT2D eigenvalue weighted by atomic mass is 32.2. The van der Waals surface area contributed by atoms with Crippen LogP contribution >= 0.6 is 11.8 Å². The summed E-state index contributed by atoms with van der Waals surface area (Å²) in [6, 6.07) is 12.9. The van der Waals surface area contributed by atoms with E-state index in [1.54, 1.807) is 31.4 Å². The van der Waals surface area contributed by atoms with Crippen molar-refractivity contribution in [1.29, 1.82) is 0 Å². The molecule has 0 bridgehead atoms. The summed E-state index contributed by atoms with van der Waals surface area (Å²) in [6.07, 6.45) is 0. The van der Waals surface area contributed by atoms with Gasteiger partial charge in [0.2, 0.25) is 11.6 Å². The van der Waals surface area contributed by atoms with Gasteiger partial charge in [-0.1, -0.05) is 18.2 Å². The molecule has 0 aliphatic rings. The van der Waals surface area contributed by atoms with Crippen molar-refractivity contribution in [3.05, 3.63) is 64.0 Å². The number of ether oxygens (including phenoxy) is 1. The van der Waals surface area contributed by atoms with Crippen molar-refractivity contribution in [2.45, 2.75) is 18.9 Å². The molecule has 0 saturated heterocycles. The Balaban J connectivity index is 1.73. The van der Waals surface area contributed by atoms with E-state index in [1.165, 1.54) is 4.68 Å². The van der Waals surface area contributed by atoms with Crippen molar-refractivity contribution in [2.24, 2.45) is 0 Å². The maximum atomic E-state index is 12.4. The summed E-state index contributed by atoms with van der Waals surface area (Å²) in [6.45, 7) is 3.88. The molecule has 1 heterocycles. The number of para-hydroxylation sites is 1. The van der Waals surface area contributed by atoms with Crippen LogP contribution in [0, 0.1) is 13.8 Å². The zero-order chi connectivity index (χ0) is 19.4. The zero-order valence-electron chi connectivity index (χ0n) is 15.2. The van der Waals surface area contributed by atoms with Crippen molar-refractivity contribution in [3.8, 4) is 11.4 Å². The maximum Gasteiger partial charge on any atom is 0.442 e. The number of aryl methyl sites for hydroxylation is 2. The monoisotopic (exact) mass is 386 g/mol. The highest BCUT2D eigenvalue weighted by Gasteiger charge is 2.25. The summed E-state index contributed by atoms with van der Waals surface area (Å²) >= 11 is 1.11. The number of hydrogen-bond acceptors (Lipinski definition) is 5. The average molecular weight is 386 g/mol. The SMILES string of the molecule is COc1ccc(-[n+]2[nH]oc(=O)c2SCC(=O)Nc2c(C)cccc2C)cc1. The molecule has 0 fully saturated rings. The van der Waals surface area contributed by atoms with Crippen LogP contribution < -0.4 is 20.4 Å². The first-order chi connectivity index (χ1) is 13.0. The highest BCUT2D eigenvalue weighted by molar-refractivity contribution is 7.99. The van der Waals surface area contributed by atoms with Gasteiger partial charge in [0.1, 0.15) is 5.75 Å². The van der Waals surface area contributed by atoms with E-state index in [0.717, 1.165) is 28.6 Å². The topological polar surface area (TPSA) is 88.2 Å². The molecular weight excluding hydrogens is 366 g/mol. The van der Waals surface area contributed by atoms with E-state index >= 15 is 0 Å². The van der Waals surface area contributed by atoms with Crippen molar-refractivity contribution in [1.82, 2.24) is 5.27 Å². The van der Waals surface area contributed by atoms with Gasteiger partial charge in [0.15, 0.2) is 0 Å². The standard InChI is InChI=1S/C19H19N3O4S/c1-12-5-4-6-13(2)17(12)20-16(23)11-27-18-19(24)26-21-22(18)14-7-9-15(25-3)10-8-14/h4-10H,11H2,1-3H3,(H-,20,21,23,24)/p+1. The molecule has 140 valence electrons. The summed E-state index contributed by atoms with van der Waals surface area (Å²) in [7, 11) is 1.58. The van der Waals surface area contributed by atoms with Gasteiger partial charge in [-0.15, -0.1) is 0 Å². The van der Waals surface area contributed by atoms with E-state index in [4.69, 9.17) is 9.26 Å². The van der Waals surface area contributed by atoms with Gasteiger partial charge in [0, 0.05) is 17.8 Å². The molecule has 3 rings (SSSR count). The summed E-state index contributed by atoms with van der Waals surface area (Å²) in [5.41, 5.74) is 2.94.